The van der Waals surface area contributed by atoms with Gasteiger partial charge in [-0.25, -0.2) is 0 Å². The van der Waals surface area contributed by atoms with Gasteiger partial charge in [-0.2, -0.15) is 0 Å². The summed E-state index contributed by atoms with van der Waals surface area (Å²) < 4.78 is 6.33. The number of ether oxygens (including phenoxy) is 1. The number of fused-ring (bicyclic) bond motifs is 1. The molecule has 4 rings (SSSR count). The highest BCUT2D eigenvalue weighted by molar-refractivity contribution is 5.39. The van der Waals surface area contributed by atoms with Gasteiger partial charge in [-0.1, -0.05) is 18.2 Å². The van der Waals surface area contributed by atoms with E-state index in [4.69, 9.17) is 4.74 Å². The molecule has 1 saturated carbocycles. The Morgan fingerprint density at radius 2 is 2.08 bits per heavy atom. The first-order chi connectivity index (χ1) is 12.3. The number of unbranched alkanes of at least 4 members (excludes halogenated alkanes) is 1. The van der Waals surface area contributed by atoms with Crippen molar-refractivity contribution in [1.82, 2.24) is 10.2 Å². The normalized spacial score (nSPS) is 27.7. The third-order valence-electron chi connectivity index (χ3n) is 6.43. The molecular weight excluding hydrogens is 312 g/mol. The van der Waals surface area contributed by atoms with Crippen LogP contribution in [0.5, 0.6) is 5.75 Å². The van der Waals surface area contributed by atoms with Crippen molar-refractivity contribution in [3.05, 3.63) is 29.8 Å². The Labute approximate surface area is 151 Å². The van der Waals surface area contributed by atoms with E-state index in [-0.39, 0.29) is 5.60 Å². The summed E-state index contributed by atoms with van der Waals surface area (Å²) in [5.74, 6) is 1.09. The lowest BCUT2D eigenvalue weighted by molar-refractivity contribution is -0.0368. The largest absolute Gasteiger partial charge is 0.487 e. The van der Waals surface area contributed by atoms with Gasteiger partial charge in [-0.15, -0.1) is 0 Å². The molecule has 1 aromatic carbocycles. The molecule has 25 heavy (non-hydrogen) atoms. The van der Waals surface area contributed by atoms with E-state index >= 15 is 0 Å². The minimum atomic E-state index is 0.107. The fourth-order valence-electron chi connectivity index (χ4n) is 4.79. The number of rotatable bonds is 7. The van der Waals surface area contributed by atoms with Crippen LogP contribution in [0.2, 0.25) is 0 Å². The monoisotopic (exact) mass is 344 g/mol. The number of hydrogen-bond donors (Lipinski definition) is 2. The maximum atomic E-state index is 9.41. The number of para-hydroxylation sites is 1. The summed E-state index contributed by atoms with van der Waals surface area (Å²) in [6.45, 7) is 3.67. The number of nitrogens with one attached hydrogen (secondary N) is 1. The highest BCUT2D eigenvalue weighted by Crippen LogP contribution is 2.48. The molecule has 1 aliphatic carbocycles. The molecule has 4 heteroatoms. The summed E-state index contributed by atoms with van der Waals surface area (Å²) in [4.78, 5) is 2.47. The lowest BCUT2D eigenvalue weighted by atomic mass is 9.73. The molecule has 0 radical (unpaired) electrons. The number of benzene rings is 1. The molecule has 0 aromatic heterocycles. The van der Waals surface area contributed by atoms with Crippen LogP contribution < -0.4 is 10.1 Å². The quantitative estimate of drug-likeness (QED) is 0.745. The van der Waals surface area contributed by atoms with Gasteiger partial charge in [-0.05, 0) is 70.6 Å². The minimum absolute atomic E-state index is 0.107. The Hall–Kier alpha value is -1.10. The van der Waals surface area contributed by atoms with Crippen LogP contribution in [0.25, 0.3) is 0 Å². The summed E-state index contributed by atoms with van der Waals surface area (Å²) in [5.41, 5.74) is 1.44. The Balaban J connectivity index is 1.26. The zero-order valence-electron chi connectivity index (χ0n) is 15.3. The molecule has 0 unspecified atom stereocenters. The van der Waals surface area contributed by atoms with Gasteiger partial charge in [0.25, 0.3) is 0 Å². The first-order valence-electron chi connectivity index (χ1n) is 10.2. The van der Waals surface area contributed by atoms with Crippen LogP contribution >= 0.6 is 0 Å². The van der Waals surface area contributed by atoms with E-state index in [1.165, 1.54) is 44.1 Å². The van der Waals surface area contributed by atoms with Gasteiger partial charge in [0.1, 0.15) is 11.4 Å². The van der Waals surface area contributed by atoms with Crippen molar-refractivity contribution in [2.75, 3.05) is 26.2 Å². The van der Waals surface area contributed by atoms with Crippen molar-refractivity contribution in [2.45, 2.75) is 69.1 Å². The molecule has 138 valence electrons. The van der Waals surface area contributed by atoms with Gasteiger partial charge in [0, 0.05) is 24.1 Å². The van der Waals surface area contributed by atoms with Crippen molar-refractivity contribution in [1.29, 1.82) is 0 Å². The van der Waals surface area contributed by atoms with Crippen molar-refractivity contribution < 1.29 is 9.84 Å². The summed E-state index contributed by atoms with van der Waals surface area (Å²) in [5, 5.41) is 13.2. The Morgan fingerprint density at radius 3 is 2.88 bits per heavy atom. The summed E-state index contributed by atoms with van der Waals surface area (Å²) >= 11 is 0. The third kappa shape index (κ3) is 3.71. The van der Waals surface area contributed by atoms with Crippen LogP contribution in [-0.2, 0) is 0 Å². The van der Waals surface area contributed by atoms with Crippen LogP contribution in [-0.4, -0.2) is 47.9 Å². The molecule has 2 heterocycles. The first kappa shape index (κ1) is 17.3. The lowest BCUT2D eigenvalue weighted by Crippen LogP contribution is -2.49. The zero-order valence-corrected chi connectivity index (χ0v) is 15.3. The van der Waals surface area contributed by atoms with Crippen LogP contribution in [0, 0.1) is 0 Å². The van der Waals surface area contributed by atoms with Crippen LogP contribution in [0.1, 0.15) is 63.0 Å². The highest BCUT2D eigenvalue weighted by Gasteiger charge is 2.45. The van der Waals surface area contributed by atoms with Gasteiger partial charge in [0.2, 0.25) is 0 Å². The Bertz CT molecular complexity index is 573. The molecule has 2 fully saturated rings. The fraction of sp³-hybridized carbons (Fsp3) is 0.714. The van der Waals surface area contributed by atoms with Crippen LogP contribution in [0.15, 0.2) is 24.3 Å². The van der Waals surface area contributed by atoms with E-state index in [2.05, 4.69) is 34.5 Å². The number of likely N-dealkylation sites (tertiary alicyclic amines) is 1. The maximum absolute atomic E-state index is 9.41. The van der Waals surface area contributed by atoms with Gasteiger partial charge >= 0.3 is 0 Å². The number of hydrogen-bond acceptors (Lipinski definition) is 4. The standard InChI is InChI=1S/C21H32N2O2/c24-16-17-7-5-14-23(17)13-4-3-12-22-19-15-21(10-6-11-21)25-20-9-2-1-8-18(19)20/h1-2,8-9,17,19,22,24H,3-7,10-16H2/t17-,19-/m1/s1. The van der Waals surface area contributed by atoms with E-state index in [0.29, 0.717) is 18.7 Å². The van der Waals surface area contributed by atoms with Crippen LogP contribution in [0.3, 0.4) is 0 Å². The SMILES string of the molecule is OC[C@H]1CCCN1CCCCN[C@@H]1CC2(CCC2)Oc2ccccc21. The lowest BCUT2D eigenvalue weighted by Gasteiger charge is -2.48. The molecule has 1 spiro atoms. The topological polar surface area (TPSA) is 44.7 Å². The first-order valence-corrected chi connectivity index (χ1v) is 10.2. The average Bonchev–Trinajstić information content (AvgIpc) is 3.07. The molecule has 2 aliphatic heterocycles. The molecule has 1 saturated heterocycles. The molecule has 2 N–H and O–H groups in total. The fourth-order valence-corrected chi connectivity index (χ4v) is 4.79. The predicted molar refractivity (Wildman–Crippen MR) is 99.9 cm³/mol. The number of nitrogens with zero attached hydrogens (tertiary/aromatic N) is 1. The van der Waals surface area contributed by atoms with Gasteiger partial charge in [0.05, 0.1) is 6.61 Å². The molecule has 0 amide bonds. The highest BCUT2D eigenvalue weighted by atomic mass is 16.5. The van der Waals surface area contributed by atoms with E-state index in [9.17, 15) is 5.11 Å². The molecule has 1 aromatic rings. The van der Waals surface area contributed by atoms with Crippen molar-refractivity contribution in [2.24, 2.45) is 0 Å². The minimum Gasteiger partial charge on any atom is -0.487 e. The third-order valence-corrected chi connectivity index (χ3v) is 6.43. The maximum Gasteiger partial charge on any atom is 0.124 e. The molecule has 4 nitrogen and oxygen atoms in total. The molecule has 2 atom stereocenters. The smallest absolute Gasteiger partial charge is 0.124 e. The number of aliphatic hydroxyl groups excluding tert-OH is 1. The second-order valence-corrected chi connectivity index (χ2v) is 8.11. The van der Waals surface area contributed by atoms with E-state index in [1.807, 2.05) is 0 Å². The van der Waals surface area contributed by atoms with E-state index in [1.54, 1.807) is 0 Å². The summed E-state index contributed by atoms with van der Waals surface area (Å²) in [7, 11) is 0. The molecule has 3 aliphatic rings. The van der Waals surface area contributed by atoms with Crippen LogP contribution in [0.4, 0.5) is 0 Å². The van der Waals surface area contributed by atoms with Crippen molar-refractivity contribution in [3.8, 4) is 5.75 Å². The zero-order chi connectivity index (χ0) is 17.1. The van der Waals surface area contributed by atoms with E-state index in [0.717, 1.165) is 38.2 Å². The summed E-state index contributed by atoms with van der Waals surface area (Å²) in [6, 6.07) is 9.40. The van der Waals surface area contributed by atoms with Crippen molar-refractivity contribution in [3.63, 3.8) is 0 Å². The van der Waals surface area contributed by atoms with Gasteiger partial charge < -0.3 is 15.2 Å². The Kier molecular flexibility index (Phi) is 5.30. The van der Waals surface area contributed by atoms with Gasteiger partial charge in [0.15, 0.2) is 0 Å². The number of aliphatic hydroxyl groups is 1. The second kappa shape index (κ2) is 7.65. The Morgan fingerprint density at radius 1 is 1.20 bits per heavy atom. The average molecular weight is 344 g/mol. The summed E-state index contributed by atoms with van der Waals surface area (Å²) in [6.07, 6.45) is 9.63. The predicted octanol–water partition coefficient (Wildman–Crippen LogP) is 3.26. The van der Waals surface area contributed by atoms with Gasteiger partial charge in [-0.3, -0.25) is 4.90 Å². The second-order valence-electron chi connectivity index (χ2n) is 8.11. The molecular formula is C21H32N2O2. The van der Waals surface area contributed by atoms with Crippen molar-refractivity contribution >= 4 is 0 Å². The molecule has 0 bridgehead atoms. The van der Waals surface area contributed by atoms with E-state index < -0.39 is 0 Å².